The van der Waals surface area contributed by atoms with Gasteiger partial charge in [-0.25, -0.2) is 9.97 Å². The van der Waals surface area contributed by atoms with E-state index in [9.17, 15) is 0 Å². The minimum Gasteiger partial charge on any atom is -0.373 e. The maximum atomic E-state index is 4.61. The van der Waals surface area contributed by atoms with Gasteiger partial charge in [-0.15, -0.1) is 0 Å². The molecular formula is C17H30N4. The lowest BCUT2D eigenvalue weighted by molar-refractivity contribution is 0.282. The van der Waals surface area contributed by atoms with E-state index >= 15 is 0 Å². The van der Waals surface area contributed by atoms with Gasteiger partial charge in [0.15, 0.2) is 0 Å². The predicted molar refractivity (Wildman–Crippen MR) is 89.9 cm³/mol. The highest BCUT2D eigenvalue weighted by molar-refractivity contribution is 5.47. The monoisotopic (exact) mass is 290 g/mol. The van der Waals surface area contributed by atoms with Crippen LogP contribution in [0.25, 0.3) is 0 Å². The Labute approximate surface area is 129 Å². The van der Waals surface area contributed by atoms with Crippen LogP contribution in [0.3, 0.4) is 0 Å². The van der Waals surface area contributed by atoms with Gasteiger partial charge in [0.25, 0.3) is 0 Å². The van der Waals surface area contributed by atoms with Crippen molar-refractivity contribution in [2.24, 2.45) is 11.8 Å². The molecule has 0 spiro atoms. The van der Waals surface area contributed by atoms with Crippen molar-refractivity contribution in [2.75, 3.05) is 24.2 Å². The summed E-state index contributed by atoms with van der Waals surface area (Å²) in [6.45, 7) is 7.64. The number of hydrogen-bond donors (Lipinski definition) is 2. The molecule has 2 rings (SSSR count). The first-order valence-corrected chi connectivity index (χ1v) is 8.39. The van der Waals surface area contributed by atoms with Crippen molar-refractivity contribution in [3.05, 3.63) is 11.9 Å². The second kappa shape index (κ2) is 7.62. The van der Waals surface area contributed by atoms with Gasteiger partial charge in [0.2, 0.25) is 0 Å². The van der Waals surface area contributed by atoms with Crippen LogP contribution in [-0.4, -0.2) is 23.6 Å². The van der Waals surface area contributed by atoms with Gasteiger partial charge in [0.05, 0.1) is 0 Å². The number of nitrogens with one attached hydrogen (secondary N) is 2. The summed E-state index contributed by atoms with van der Waals surface area (Å²) in [5.74, 6) is 4.91. The summed E-state index contributed by atoms with van der Waals surface area (Å²) in [4.78, 5) is 9.11. The zero-order valence-corrected chi connectivity index (χ0v) is 13.9. The third-order valence-corrected chi connectivity index (χ3v) is 4.51. The number of aromatic nitrogens is 2. The van der Waals surface area contributed by atoms with Crippen LogP contribution in [0.1, 0.15) is 64.6 Å². The van der Waals surface area contributed by atoms with E-state index in [1.165, 1.54) is 32.1 Å². The van der Waals surface area contributed by atoms with Crippen molar-refractivity contribution in [2.45, 2.75) is 58.8 Å². The van der Waals surface area contributed by atoms with Gasteiger partial charge in [-0.2, -0.15) is 0 Å². The van der Waals surface area contributed by atoms with Gasteiger partial charge in [-0.3, -0.25) is 0 Å². The molecule has 1 aromatic rings. The molecule has 0 radical (unpaired) electrons. The molecule has 0 saturated heterocycles. The van der Waals surface area contributed by atoms with Crippen molar-refractivity contribution in [3.63, 3.8) is 0 Å². The Balaban J connectivity index is 1.86. The lowest BCUT2D eigenvalue weighted by atomic mass is 9.81. The van der Waals surface area contributed by atoms with Crippen LogP contribution >= 0.6 is 0 Å². The minimum atomic E-state index is 0.346. The molecule has 1 fully saturated rings. The first kappa shape index (κ1) is 16.1. The predicted octanol–water partition coefficient (Wildman–Crippen LogP) is 4.27. The van der Waals surface area contributed by atoms with Gasteiger partial charge in [-0.05, 0) is 18.3 Å². The summed E-state index contributed by atoms with van der Waals surface area (Å²) in [5, 5.41) is 6.60. The first-order chi connectivity index (χ1) is 10.1. The van der Waals surface area contributed by atoms with Crippen LogP contribution in [0.15, 0.2) is 6.07 Å². The summed E-state index contributed by atoms with van der Waals surface area (Å²) < 4.78 is 0. The van der Waals surface area contributed by atoms with Gasteiger partial charge in [-0.1, -0.05) is 46.5 Å². The first-order valence-electron chi connectivity index (χ1n) is 8.39. The highest BCUT2D eigenvalue weighted by Gasteiger charge is 2.17. The Kier molecular flexibility index (Phi) is 5.83. The topological polar surface area (TPSA) is 49.8 Å². The molecule has 0 aromatic carbocycles. The molecule has 1 aliphatic rings. The fraction of sp³-hybridized carbons (Fsp3) is 0.765. The molecule has 0 atom stereocenters. The summed E-state index contributed by atoms with van der Waals surface area (Å²) in [7, 11) is 1.90. The second-order valence-electron chi connectivity index (χ2n) is 6.74. The number of nitrogens with zero attached hydrogens (tertiary/aromatic N) is 2. The molecule has 4 heteroatoms. The molecule has 4 nitrogen and oxygen atoms in total. The summed E-state index contributed by atoms with van der Waals surface area (Å²) >= 11 is 0. The Morgan fingerprint density at radius 3 is 2.43 bits per heavy atom. The van der Waals surface area contributed by atoms with E-state index in [1.807, 2.05) is 13.1 Å². The number of hydrogen-bond acceptors (Lipinski definition) is 4. The van der Waals surface area contributed by atoms with E-state index in [1.54, 1.807) is 0 Å². The second-order valence-corrected chi connectivity index (χ2v) is 6.74. The quantitative estimate of drug-likeness (QED) is 0.821. The Bertz CT molecular complexity index is 436. The average molecular weight is 290 g/mol. The molecule has 1 aromatic heterocycles. The highest BCUT2D eigenvalue weighted by atomic mass is 15.1. The Morgan fingerprint density at radius 2 is 1.81 bits per heavy atom. The van der Waals surface area contributed by atoms with Crippen molar-refractivity contribution in [1.82, 2.24) is 9.97 Å². The molecule has 1 aliphatic carbocycles. The standard InChI is InChI=1S/C17H30N4/c1-12(2)17-20-15(18-4)11-16(21-17)19-10-9-14-7-5-13(3)6-8-14/h11-14H,5-10H2,1-4H3,(H2,18,19,20,21). The molecule has 1 saturated carbocycles. The van der Waals surface area contributed by atoms with Crippen LogP contribution in [0.5, 0.6) is 0 Å². The average Bonchev–Trinajstić information content (AvgIpc) is 2.49. The third-order valence-electron chi connectivity index (χ3n) is 4.51. The minimum absolute atomic E-state index is 0.346. The van der Waals surface area contributed by atoms with Crippen LogP contribution in [0.4, 0.5) is 11.6 Å². The molecule has 21 heavy (non-hydrogen) atoms. The molecule has 118 valence electrons. The van der Waals surface area contributed by atoms with Crippen LogP contribution in [-0.2, 0) is 0 Å². The van der Waals surface area contributed by atoms with Crippen LogP contribution in [0, 0.1) is 11.8 Å². The van der Waals surface area contributed by atoms with E-state index in [0.29, 0.717) is 5.92 Å². The lowest BCUT2D eigenvalue weighted by Crippen LogP contribution is -2.16. The SMILES string of the molecule is CNc1cc(NCCC2CCC(C)CC2)nc(C(C)C)n1. The van der Waals surface area contributed by atoms with E-state index in [2.05, 4.69) is 41.4 Å². The van der Waals surface area contributed by atoms with Crippen LogP contribution in [0.2, 0.25) is 0 Å². The fourth-order valence-electron chi connectivity index (χ4n) is 2.96. The van der Waals surface area contributed by atoms with E-state index in [4.69, 9.17) is 0 Å². The zero-order valence-electron chi connectivity index (χ0n) is 13.9. The maximum Gasteiger partial charge on any atom is 0.135 e. The maximum absolute atomic E-state index is 4.61. The molecule has 0 aliphatic heterocycles. The zero-order chi connectivity index (χ0) is 15.2. The number of anilines is 2. The molecule has 0 unspecified atom stereocenters. The fourth-order valence-corrected chi connectivity index (χ4v) is 2.96. The van der Waals surface area contributed by atoms with Crippen molar-refractivity contribution in [1.29, 1.82) is 0 Å². The van der Waals surface area contributed by atoms with Crippen molar-refractivity contribution < 1.29 is 0 Å². The van der Waals surface area contributed by atoms with Crippen molar-refractivity contribution in [3.8, 4) is 0 Å². The normalized spacial score (nSPS) is 22.3. The van der Waals surface area contributed by atoms with Crippen LogP contribution < -0.4 is 10.6 Å². The molecule has 0 amide bonds. The smallest absolute Gasteiger partial charge is 0.135 e. The largest absolute Gasteiger partial charge is 0.373 e. The summed E-state index contributed by atoms with van der Waals surface area (Å²) in [5.41, 5.74) is 0. The van der Waals surface area contributed by atoms with E-state index < -0.39 is 0 Å². The summed E-state index contributed by atoms with van der Waals surface area (Å²) in [6.07, 6.45) is 6.85. The molecular weight excluding hydrogens is 260 g/mol. The van der Waals surface area contributed by atoms with Crippen molar-refractivity contribution >= 4 is 11.6 Å². The van der Waals surface area contributed by atoms with E-state index in [0.717, 1.165) is 35.8 Å². The van der Waals surface area contributed by atoms with E-state index in [-0.39, 0.29) is 0 Å². The van der Waals surface area contributed by atoms with Gasteiger partial charge >= 0.3 is 0 Å². The summed E-state index contributed by atoms with van der Waals surface area (Å²) in [6, 6.07) is 1.99. The van der Waals surface area contributed by atoms with Gasteiger partial charge < -0.3 is 10.6 Å². The highest BCUT2D eigenvalue weighted by Crippen LogP contribution is 2.30. The van der Waals surface area contributed by atoms with Gasteiger partial charge in [0, 0.05) is 25.6 Å². The van der Waals surface area contributed by atoms with Gasteiger partial charge in [0.1, 0.15) is 17.5 Å². The molecule has 2 N–H and O–H groups in total. The molecule has 1 heterocycles. The Morgan fingerprint density at radius 1 is 1.14 bits per heavy atom. The number of rotatable bonds is 6. The Hall–Kier alpha value is -1.32. The molecule has 0 bridgehead atoms. The lowest BCUT2D eigenvalue weighted by Gasteiger charge is -2.26. The third kappa shape index (κ3) is 4.87.